The van der Waals surface area contributed by atoms with E-state index >= 15 is 0 Å². The Morgan fingerprint density at radius 3 is 2.70 bits per heavy atom. The Morgan fingerprint density at radius 1 is 1.25 bits per heavy atom. The molecule has 0 N–H and O–H groups in total. The van der Waals surface area contributed by atoms with Crippen LogP contribution in [0.5, 0.6) is 0 Å². The maximum absolute atomic E-state index is 11.2. The Labute approximate surface area is 141 Å². The van der Waals surface area contributed by atoms with Gasteiger partial charge in [-0.1, -0.05) is 31.9 Å². The van der Waals surface area contributed by atoms with Gasteiger partial charge in [-0.15, -0.1) is 11.6 Å². The number of carbonyl (C=O) groups excluding carboxylic acids is 1. The first kappa shape index (κ1) is 17.0. The third kappa shape index (κ3) is 4.57. The number of esters is 1. The van der Waals surface area contributed by atoms with Crippen molar-refractivity contribution in [1.82, 2.24) is 0 Å². The average Bonchev–Trinajstić information content (AvgIpc) is 2.35. The van der Waals surface area contributed by atoms with Crippen LogP contribution in [0.4, 0.5) is 0 Å². The highest BCUT2D eigenvalue weighted by Gasteiger charge is 2.38. The van der Waals surface area contributed by atoms with Gasteiger partial charge in [-0.05, 0) is 12.8 Å². The van der Waals surface area contributed by atoms with Crippen molar-refractivity contribution in [3.63, 3.8) is 0 Å². The van der Waals surface area contributed by atoms with Crippen molar-refractivity contribution >= 4 is 49.4 Å². The number of carbonyl (C=O) groups is 1. The molecule has 2 aliphatic rings. The summed E-state index contributed by atoms with van der Waals surface area (Å²) in [6.45, 7) is 2.68. The Balaban J connectivity index is 2.14. The lowest BCUT2D eigenvalue weighted by Crippen LogP contribution is -2.46. The smallest absolute Gasteiger partial charge is 0.302 e. The van der Waals surface area contributed by atoms with E-state index in [0.29, 0.717) is 19.6 Å². The molecule has 2 rings (SSSR count). The van der Waals surface area contributed by atoms with Crippen LogP contribution in [0.25, 0.3) is 0 Å². The number of rotatable bonds is 1. The predicted octanol–water partition coefficient (Wildman–Crippen LogP) is 3.02. The number of fused-ring (bicyclic) bond motifs is 2. The quantitative estimate of drug-likeness (QED) is 0.470. The van der Waals surface area contributed by atoms with Crippen LogP contribution in [0.15, 0.2) is 0 Å². The molecule has 0 aromatic carbocycles. The normalized spacial score (nSPS) is 42.8. The van der Waals surface area contributed by atoms with E-state index in [2.05, 4.69) is 31.9 Å². The minimum atomic E-state index is -0.274. The zero-order chi connectivity index (χ0) is 14.7. The fourth-order valence-electron chi connectivity index (χ4n) is 2.58. The van der Waals surface area contributed by atoms with Crippen molar-refractivity contribution in [2.24, 2.45) is 0 Å². The molecule has 116 valence electrons. The topological polar surface area (TPSA) is 44.8 Å². The summed E-state index contributed by atoms with van der Waals surface area (Å²) in [5.74, 6) is -0.274. The number of ether oxygens (including phenoxy) is 3. The molecule has 7 heteroatoms. The van der Waals surface area contributed by atoms with Crippen LogP contribution in [0.3, 0.4) is 0 Å². The molecule has 0 aromatic heterocycles. The third-order valence-corrected chi connectivity index (χ3v) is 5.89. The second kappa shape index (κ2) is 7.77. The Morgan fingerprint density at radius 2 is 2.00 bits per heavy atom. The molecular weight excluding hydrogens is 415 g/mol. The summed E-state index contributed by atoms with van der Waals surface area (Å²) >= 11 is 13.7. The van der Waals surface area contributed by atoms with Gasteiger partial charge in [0.15, 0.2) is 0 Å². The summed E-state index contributed by atoms with van der Waals surface area (Å²) in [4.78, 5) is 11.4. The predicted molar refractivity (Wildman–Crippen MR) is 84.0 cm³/mol. The number of hydrogen-bond donors (Lipinski definition) is 0. The summed E-state index contributed by atoms with van der Waals surface area (Å²) < 4.78 is 17.2. The van der Waals surface area contributed by atoms with Crippen molar-refractivity contribution in [2.45, 2.75) is 59.5 Å². The van der Waals surface area contributed by atoms with Gasteiger partial charge < -0.3 is 14.2 Å². The highest BCUT2D eigenvalue weighted by atomic mass is 79.9. The Hall–Kier alpha value is 0.640. The Kier molecular flexibility index (Phi) is 6.60. The van der Waals surface area contributed by atoms with Crippen LogP contribution in [0.1, 0.15) is 26.2 Å². The van der Waals surface area contributed by atoms with E-state index in [0.717, 1.165) is 12.8 Å². The van der Waals surface area contributed by atoms with Crippen molar-refractivity contribution in [3.05, 3.63) is 0 Å². The van der Waals surface area contributed by atoms with Crippen LogP contribution in [-0.4, -0.2) is 52.5 Å². The van der Waals surface area contributed by atoms with Crippen molar-refractivity contribution in [1.29, 1.82) is 0 Å². The highest BCUT2D eigenvalue weighted by molar-refractivity contribution is 9.09. The SMILES string of the molecule is CC(=O)O[C@@H]1C[C@@H](Cl)[C@H]2CCOC[C@H](Br)[C@@H](C[C@@H]1Br)O2. The first-order valence-corrected chi connectivity index (χ1v) is 9.06. The molecular formula is C13H19Br2ClO4. The molecule has 0 radical (unpaired) electrons. The van der Waals surface area contributed by atoms with Gasteiger partial charge in [0, 0.05) is 20.0 Å². The molecule has 2 aliphatic heterocycles. The monoisotopic (exact) mass is 432 g/mol. The second-order valence-electron chi connectivity index (χ2n) is 5.24. The van der Waals surface area contributed by atoms with E-state index in [4.69, 9.17) is 25.8 Å². The van der Waals surface area contributed by atoms with Gasteiger partial charge >= 0.3 is 5.97 Å². The van der Waals surface area contributed by atoms with Crippen LogP contribution in [0.2, 0.25) is 0 Å². The molecule has 0 aliphatic carbocycles. The molecule has 0 amide bonds. The van der Waals surface area contributed by atoms with Gasteiger partial charge in [-0.25, -0.2) is 0 Å². The fourth-order valence-corrected chi connectivity index (χ4v) is 4.16. The lowest BCUT2D eigenvalue weighted by molar-refractivity contribution is -0.149. The number of alkyl halides is 3. The lowest BCUT2D eigenvalue weighted by Gasteiger charge is -2.38. The van der Waals surface area contributed by atoms with E-state index in [9.17, 15) is 4.79 Å². The van der Waals surface area contributed by atoms with Gasteiger partial charge in [-0.2, -0.15) is 0 Å². The molecule has 20 heavy (non-hydrogen) atoms. The largest absolute Gasteiger partial charge is 0.461 e. The molecule has 6 atom stereocenters. The molecule has 2 saturated heterocycles. The summed E-state index contributed by atoms with van der Waals surface area (Å²) in [5.41, 5.74) is 0. The van der Waals surface area contributed by atoms with Gasteiger partial charge in [0.2, 0.25) is 0 Å². The summed E-state index contributed by atoms with van der Waals surface area (Å²) in [6, 6.07) is 0. The first-order chi connectivity index (χ1) is 9.47. The zero-order valence-corrected chi connectivity index (χ0v) is 15.2. The molecule has 0 spiro atoms. The Bertz CT molecular complexity index is 344. The third-order valence-electron chi connectivity index (χ3n) is 3.62. The van der Waals surface area contributed by atoms with Gasteiger partial charge in [0.05, 0.1) is 33.8 Å². The molecule has 2 bridgehead atoms. The summed E-state index contributed by atoms with van der Waals surface area (Å²) in [7, 11) is 0. The van der Waals surface area contributed by atoms with Crippen LogP contribution in [0, 0.1) is 0 Å². The minimum absolute atomic E-state index is 0.00992. The zero-order valence-electron chi connectivity index (χ0n) is 11.3. The fraction of sp³-hybridized carbons (Fsp3) is 0.923. The standard InChI is InChI=1S/C13H19Br2ClO4/c1-7(17)19-13-5-10(16)11-2-3-18-6-9(15)12(20-11)4-8(13)14/h8-13H,2-6H2,1H3/t8-,9-,10+,11+,12+,13+/m0/s1. The van der Waals surface area contributed by atoms with Gasteiger partial charge in [-0.3, -0.25) is 4.79 Å². The maximum Gasteiger partial charge on any atom is 0.302 e. The van der Waals surface area contributed by atoms with E-state index in [1.165, 1.54) is 6.92 Å². The maximum atomic E-state index is 11.2. The van der Waals surface area contributed by atoms with Crippen molar-refractivity contribution < 1.29 is 19.0 Å². The van der Waals surface area contributed by atoms with E-state index in [-0.39, 0.29) is 39.3 Å². The molecule has 4 nitrogen and oxygen atoms in total. The molecule has 0 aromatic rings. The molecule has 2 heterocycles. The second-order valence-corrected chi connectivity index (χ2v) is 8.16. The average molecular weight is 435 g/mol. The number of halogens is 3. The highest BCUT2D eigenvalue weighted by Crippen LogP contribution is 2.33. The van der Waals surface area contributed by atoms with Crippen molar-refractivity contribution in [3.8, 4) is 0 Å². The number of hydrogen-bond acceptors (Lipinski definition) is 4. The van der Waals surface area contributed by atoms with Crippen LogP contribution < -0.4 is 0 Å². The van der Waals surface area contributed by atoms with Crippen LogP contribution >= 0.6 is 43.5 Å². The minimum Gasteiger partial charge on any atom is -0.461 e. The molecule has 0 unspecified atom stereocenters. The van der Waals surface area contributed by atoms with Gasteiger partial charge in [0.25, 0.3) is 0 Å². The molecule has 2 fully saturated rings. The van der Waals surface area contributed by atoms with Crippen LogP contribution in [-0.2, 0) is 19.0 Å². The summed E-state index contributed by atoms with van der Waals surface area (Å²) in [6.07, 6.45) is 1.80. The lowest BCUT2D eigenvalue weighted by atomic mass is 9.97. The van der Waals surface area contributed by atoms with E-state index < -0.39 is 0 Å². The van der Waals surface area contributed by atoms with Gasteiger partial charge in [0.1, 0.15) is 6.10 Å². The van der Waals surface area contributed by atoms with E-state index in [1.54, 1.807) is 0 Å². The van der Waals surface area contributed by atoms with Crippen molar-refractivity contribution in [2.75, 3.05) is 13.2 Å². The molecule has 0 saturated carbocycles. The summed E-state index contributed by atoms with van der Waals surface area (Å²) in [5, 5.41) is -0.191. The first-order valence-electron chi connectivity index (χ1n) is 6.80. The van der Waals surface area contributed by atoms with E-state index in [1.807, 2.05) is 0 Å².